The second kappa shape index (κ2) is 7.20. The fraction of sp³-hybridized carbons (Fsp3) is 0.438. The number of anilines is 1. The zero-order valence-electron chi connectivity index (χ0n) is 13.7. The predicted octanol–water partition coefficient (Wildman–Crippen LogP) is 1.95. The Bertz CT molecular complexity index is 703. The van der Waals surface area contributed by atoms with Crippen molar-refractivity contribution in [2.24, 2.45) is 7.05 Å². The minimum Gasteiger partial charge on any atom is -0.485 e. The standard InChI is InChI=1S/C16H21N5O3/c1-21-10-12(9-18-21)24-14-5-3-4-13(14)20-16(22)19-11-6-7-17-15(8-11)23-2/h6-10,13-14H,3-5H2,1-2H3,(H2,17,19,20,22)/t13-,14+/m1/s1. The van der Waals surface area contributed by atoms with E-state index >= 15 is 0 Å². The van der Waals surface area contributed by atoms with Gasteiger partial charge < -0.3 is 20.1 Å². The van der Waals surface area contributed by atoms with Crippen LogP contribution in [0.2, 0.25) is 0 Å². The van der Waals surface area contributed by atoms with Crippen LogP contribution in [-0.2, 0) is 7.05 Å². The van der Waals surface area contributed by atoms with Crippen LogP contribution in [0.15, 0.2) is 30.7 Å². The molecule has 0 aromatic carbocycles. The molecule has 0 saturated heterocycles. The van der Waals surface area contributed by atoms with Gasteiger partial charge in [0.2, 0.25) is 5.88 Å². The highest BCUT2D eigenvalue weighted by Crippen LogP contribution is 2.24. The number of methoxy groups -OCH3 is 1. The Morgan fingerprint density at radius 2 is 2.29 bits per heavy atom. The number of pyridine rings is 1. The monoisotopic (exact) mass is 331 g/mol. The number of hydrogen-bond acceptors (Lipinski definition) is 5. The molecule has 128 valence electrons. The number of ether oxygens (including phenoxy) is 2. The smallest absolute Gasteiger partial charge is 0.319 e. The van der Waals surface area contributed by atoms with Crippen molar-refractivity contribution in [1.82, 2.24) is 20.1 Å². The molecule has 2 heterocycles. The van der Waals surface area contributed by atoms with E-state index in [4.69, 9.17) is 9.47 Å². The summed E-state index contributed by atoms with van der Waals surface area (Å²) < 4.78 is 12.7. The van der Waals surface area contributed by atoms with Crippen LogP contribution in [0.4, 0.5) is 10.5 Å². The highest BCUT2D eigenvalue weighted by atomic mass is 16.5. The Morgan fingerprint density at radius 1 is 1.42 bits per heavy atom. The summed E-state index contributed by atoms with van der Waals surface area (Å²) in [6.07, 6.45) is 7.84. The van der Waals surface area contributed by atoms with Crippen molar-refractivity contribution in [2.45, 2.75) is 31.4 Å². The summed E-state index contributed by atoms with van der Waals surface area (Å²) in [7, 11) is 3.37. The minimum absolute atomic E-state index is 0.0334. The summed E-state index contributed by atoms with van der Waals surface area (Å²) in [5, 5.41) is 9.86. The van der Waals surface area contributed by atoms with Gasteiger partial charge in [0.05, 0.1) is 25.5 Å². The third kappa shape index (κ3) is 3.95. The number of hydrogen-bond donors (Lipinski definition) is 2. The Balaban J connectivity index is 1.56. The molecule has 3 rings (SSSR count). The fourth-order valence-electron chi connectivity index (χ4n) is 2.80. The van der Waals surface area contributed by atoms with E-state index in [0.29, 0.717) is 11.6 Å². The summed E-state index contributed by atoms with van der Waals surface area (Å²) >= 11 is 0. The summed E-state index contributed by atoms with van der Waals surface area (Å²) in [4.78, 5) is 16.2. The van der Waals surface area contributed by atoms with Gasteiger partial charge in [0.1, 0.15) is 6.10 Å². The van der Waals surface area contributed by atoms with E-state index in [-0.39, 0.29) is 18.2 Å². The lowest BCUT2D eigenvalue weighted by Gasteiger charge is -2.21. The van der Waals surface area contributed by atoms with E-state index in [2.05, 4.69) is 20.7 Å². The van der Waals surface area contributed by atoms with Gasteiger partial charge in [-0.05, 0) is 25.3 Å². The van der Waals surface area contributed by atoms with E-state index in [1.807, 2.05) is 13.2 Å². The number of amides is 2. The summed E-state index contributed by atoms with van der Waals surface area (Å²) in [6, 6.07) is 3.07. The molecule has 2 amide bonds. The molecule has 0 aliphatic heterocycles. The third-order valence-electron chi connectivity index (χ3n) is 3.94. The van der Waals surface area contributed by atoms with Crippen molar-refractivity contribution in [3.05, 3.63) is 30.7 Å². The Kier molecular flexibility index (Phi) is 4.83. The van der Waals surface area contributed by atoms with Crippen LogP contribution in [0.25, 0.3) is 0 Å². The number of aryl methyl sites for hydroxylation is 1. The van der Waals surface area contributed by atoms with Gasteiger partial charge in [-0.25, -0.2) is 9.78 Å². The van der Waals surface area contributed by atoms with Gasteiger partial charge in [-0.3, -0.25) is 4.68 Å². The van der Waals surface area contributed by atoms with Crippen LogP contribution in [0, 0.1) is 0 Å². The molecule has 0 radical (unpaired) electrons. The summed E-state index contributed by atoms with van der Waals surface area (Å²) in [6.45, 7) is 0. The normalized spacial score (nSPS) is 19.8. The van der Waals surface area contributed by atoms with Crippen LogP contribution < -0.4 is 20.1 Å². The molecule has 2 aromatic heterocycles. The number of carbonyl (C=O) groups is 1. The van der Waals surface area contributed by atoms with E-state index in [9.17, 15) is 4.79 Å². The molecule has 2 N–H and O–H groups in total. The maximum absolute atomic E-state index is 12.2. The first-order valence-corrected chi connectivity index (χ1v) is 7.87. The molecule has 1 saturated carbocycles. The average molecular weight is 331 g/mol. The van der Waals surface area contributed by atoms with E-state index in [1.54, 1.807) is 29.2 Å². The zero-order valence-corrected chi connectivity index (χ0v) is 13.7. The Labute approximate surface area is 140 Å². The van der Waals surface area contributed by atoms with E-state index in [0.717, 1.165) is 25.0 Å². The Hall–Kier alpha value is -2.77. The van der Waals surface area contributed by atoms with Gasteiger partial charge in [-0.15, -0.1) is 0 Å². The second-order valence-electron chi connectivity index (χ2n) is 5.73. The van der Waals surface area contributed by atoms with Crippen molar-refractivity contribution in [3.8, 4) is 11.6 Å². The quantitative estimate of drug-likeness (QED) is 0.874. The van der Waals surface area contributed by atoms with Crippen LogP contribution in [0.3, 0.4) is 0 Å². The molecule has 1 aliphatic rings. The number of nitrogens with one attached hydrogen (secondary N) is 2. The van der Waals surface area contributed by atoms with Crippen molar-refractivity contribution in [1.29, 1.82) is 0 Å². The van der Waals surface area contributed by atoms with Crippen LogP contribution in [0.5, 0.6) is 11.6 Å². The Morgan fingerprint density at radius 3 is 3.04 bits per heavy atom. The van der Waals surface area contributed by atoms with Gasteiger partial charge in [0, 0.05) is 25.0 Å². The molecule has 0 spiro atoms. The SMILES string of the molecule is COc1cc(NC(=O)N[C@@H]2CCC[C@@H]2Oc2cnn(C)c2)ccn1. The average Bonchev–Trinajstić information content (AvgIpc) is 3.17. The van der Waals surface area contributed by atoms with Crippen molar-refractivity contribution >= 4 is 11.7 Å². The fourth-order valence-corrected chi connectivity index (χ4v) is 2.80. The van der Waals surface area contributed by atoms with Crippen LogP contribution in [0.1, 0.15) is 19.3 Å². The molecule has 8 heteroatoms. The number of rotatable bonds is 5. The topological polar surface area (TPSA) is 90.3 Å². The molecule has 0 unspecified atom stereocenters. The molecular formula is C16H21N5O3. The first-order chi connectivity index (χ1) is 11.6. The maximum Gasteiger partial charge on any atom is 0.319 e. The van der Waals surface area contributed by atoms with Crippen LogP contribution >= 0.6 is 0 Å². The van der Waals surface area contributed by atoms with E-state index < -0.39 is 0 Å². The molecule has 2 atom stereocenters. The largest absolute Gasteiger partial charge is 0.485 e. The summed E-state index contributed by atoms with van der Waals surface area (Å²) in [5.41, 5.74) is 0.627. The lowest BCUT2D eigenvalue weighted by molar-refractivity contribution is 0.175. The van der Waals surface area contributed by atoms with Gasteiger partial charge >= 0.3 is 6.03 Å². The van der Waals surface area contributed by atoms with Gasteiger partial charge in [0.25, 0.3) is 0 Å². The highest BCUT2D eigenvalue weighted by molar-refractivity contribution is 5.89. The molecule has 24 heavy (non-hydrogen) atoms. The van der Waals surface area contributed by atoms with Crippen molar-refractivity contribution < 1.29 is 14.3 Å². The summed E-state index contributed by atoms with van der Waals surface area (Å²) in [5.74, 6) is 1.17. The van der Waals surface area contributed by atoms with Crippen LogP contribution in [-0.4, -0.2) is 40.1 Å². The highest BCUT2D eigenvalue weighted by Gasteiger charge is 2.30. The third-order valence-corrected chi connectivity index (χ3v) is 3.94. The first-order valence-electron chi connectivity index (χ1n) is 7.87. The van der Waals surface area contributed by atoms with Gasteiger partial charge in [-0.1, -0.05) is 0 Å². The molecule has 1 fully saturated rings. The number of aromatic nitrogens is 3. The molecule has 8 nitrogen and oxygen atoms in total. The number of urea groups is 1. The number of nitrogens with zero attached hydrogens (tertiary/aromatic N) is 3. The number of carbonyl (C=O) groups excluding carboxylic acids is 1. The van der Waals surface area contributed by atoms with Crippen molar-refractivity contribution in [2.75, 3.05) is 12.4 Å². The van der Waals surface area contributed by atoms with Gasteiger partial charge in [-0.2, -0.15) is 5.10 Å². The lowest BCUT2D eigenvalue weighted by Crippen LogP contribution is -2.44. The second-order valence-corrected chi connectivity index (χ2v) is 5.73. The van der Waals surface area contributed by atoms with Crippen molar-refractivity contribution in [3.63, 3.8) is 0 Å². The van der Waals surface area contributed by atoms with Gasteiger partial charge in [0.15, 0.2) is 5.75 Å². The van der Waals surface area contributed by atoms with E-state index in [1.165, 1.54) is 7.11 Å². The molecular weight excluding hydrogens is 310 g/mol. The minimum atomic E-state index is -0.269. The lowest BCUT2D eigenvalue weighted by atomic mass is 10.2. The first kappa shape index (κ1) is 16.1. The molecule has 1 aliphatic carbocycles. The zero-order chi connectivity index (χ0) is 16.9. The molecule has 0 bridgehead atoms. The molecule has 2 aromatic rings. The maximum atomic E-state index is 12.2. The predicted molar refractivity (Wildman–Crippen MR) is 88.2 cm³/mol.